The van der Waals surface area contributed by atoms with Crippen LogP contribution in [0.5, 0.6) is 11.5 Å². The highest BCUT2D eigenvalue weighted by molar-refractivity contribution is 6.12. The van der Waals surface area contributed by atoms with Crippen LogP contribution >= 0.6 is 0 Å². The number of benzene rings is 3. The molecule has 0 amide bonds. The molecule has 6 rings (SSSR count). The molecular weight excluding hydrogens is 394 g/mol. The quantitative estimate of drug-likeness (QED) is 0.471. The molecular formula is C29H25NO2. The second-order valence-electron chi connectivity index (χ2n) is 9.34. The maximum atomic E-state index is 9.87. The number of allylic oxidation sites excluding steroid dienone is 4. The molecule has 32 heavy (non-hydrogen) atoms. The molecule has 0 unspecified atom stereocenters. The third kappa shape index (κ3) is 2.92. The summed E-state index contributed by atoms with van der Waals surface area (Å²) in [5.41, 5.74) is 6.71. The summed E-state index contributed by atoms with van der Waals surface area (Å²) < 4.78 is 6.28. The van der Waals surface area contributed by atoms with E-state index in [0.29, 0.717) is 5.75 Å². The average molecular weight is 420 g/mol. The van der Waals surface area contributed by atoms with Crippen molar-refractivity contribution in [1.29, 1.82) is 0 Å². The van der Waals surface area contributed by atoms with E-state index in [-0.39, 0.29) is 11.2 Å². The van der Waals surface area contributed by atoms with E-state index in [1.807, 2.05) is 6.07 Å². The minimum atomic E-state index is -0.170. The van der Waals surface area contributed by atoms with Crippen molar-refractivity contribution in [2.45, 2.75) is 38.5 Å². The van der Waals surface area contributed by atoms with E-state index in [9.17, 15) is 5.11 Å². The summed E-state index contributed by atoms with van der Waals surface area (Å²) >= 11 is 0. The smallest absolute Gasteiger partial charge is 0.138 e. The maximum Gasteiger partial charge on any atom is 0.138 e. The molecule has 2 heterocycles. The first kappa shape index (κ1) is 19.1. The molecule has 0 aromatic heterocycles. The van der Waals surface area contributed by atoms with Gasteiger partial charge in [0, 0.05) is 17.0 Å². The molecule has 0 fully saturated rings. The fourth-order valence-electron chi connectivity index (χ4n) is 5.19. The van der Waals surface area contributed by atoms with Gasteiger partial charge in [0.15, 0.2) is 0 Å². The summed E-state index contributed by atoms with van der Waals surface area (Å²) in [7, 11) is 0. The van der Waals surface area contributed by atoms with Gasteiger partial charge in [-0.3, -0.25) is 4.99 Å². The van der Waals surface area contributed by atoms with Crippen LogP contribution in [-0.4, -0.2) is 10.8 Å². The van der Waals surface area contributed by atoms with Gasteiger partial charge in [0.2, 0.25) is 0 Å². The number of rotatable bonds is 2. The number of aliphatic imine (C=N–C) groups is 1. The molecule has 0 bridgehead atoms. The molecule has 3 heteroatoms. The summed E-state index contributed by atoms with van der Waals surface area (Å²) in [5, 5.41) is 12.4. The lowest BCUT2D eigenvalue weighted by atomic mass is 9.78. The van der Waals surface area contributed by atoms with Crippen LogP contribution in [0.4, 0.5) is 5.69 Å². The van der Waals surface area contributed by atoms with Crippen LogP contribution < -0.4 is 4.74 Å². The largest absolute Gasteiger partial charge is 0.508 e. The second-order valence-corrected chi connectivity index (χ2v) is 9.34. The van der Waals surface area contributed by atoms with Crippen molar-refractivity contribution in [3.05, 3.63) is 94.8 Å². The Morgan fingerprint density at radius 1 is 1.00 bits per heavy atom. The summed E-state index contributed by atoms with van der Waals surface area (Å²) in [5.74, 6) is 1.88. The van der Waals surface area contributed by atoms with Gasteiger partial charge in [-0.15, -0.1) is 0 Å². The summed E-state index contributed by atoms with van der Waals surface area (Å²) in [6, 6.07) is 18.2. The molecule has 3 aliphatic rings. The normalized spacial score (nSPS) is 18.7. The van der Waals surface area contributed by atoms with Gasteiger partial charge >= 0.3 is 0 Å². The lowest BCUT2D eigenvalue weighted by molar-refractivity contribution is 0.404. The summed E-state index contributed by atoms with van der Waals surface area (Å²) in [4.78, 5) is 5.01. The minimum absolute atomic E-state index is 0.170. The number of nitrogens with zero attached hydrogens (tertiary/aromatic N) is 1. The van der Waals surface area contributed by atoms with E-state index in [4.69, 9.17) is 9.73 Å². The van der Waals surface area contributed by atoms with E-state index in [0.717, 1.165) is 42.0 Å². The summed E-state index contributed by atoms with van der Waals surface area (Å²) in [6.45, 7) is 4.52. The molecule has 2 aliphatic heterocycles. The van der Waals surface area contributed by atoms with Crippen molar-refractivity contribution in [3.63, 3.8) is 0 Å². The number of ether oxygens (including phenoxy) is 1. The lowest BCUT2D eigenvalue weighted by Crippen LogP contribution is -2.24. The van der Waals surface area contributed by atoms with Crippen LogP contribution in [0.2, 0.25) is 0 Å². The van der Waals surface area contributed by atoms with E-state index in [2.05, 4.69) is 68.5 Å². The van der Waals surface area contributed by atoms with Crippen LogP contribution in [0.1, 0.15) is 44.2 Å². The molecule has 0 saturated carbocycles. The highest BCUT2D eigenvalue weighted by Gasteiger charge is 2.35. The minimum Gasteiger partial charge on any atom is -0.508 e. The Morgan fingerprint density at radius 2 is 1.88 bits per heavy atom. The third-order valence-corrected chi connectivity index (χ3v) is 6.87. The van der Waals surface area contributed by atoms with Gasteiger partial charge in [0.05, 0.1) is 11.4 Å². The highest BCUT2D eigenvalue weighted by Crippen LogP contribution is 2.45. The first-order valence-corrected chi connectivity index (χ1v) is 11.3. The van der Waals surface area contributed by atoms with Gasteiger partial charge in [-0.1, -0.05) is 50.3 Å². The monoisotopic (exact) mass is 419 g/mol. The lowest BCUT2D eigenvalue weighted by Gasteiger charge is -2.27. The average Bonchev–Trinajstić information content (AvgIpc) is 3.06. The van der Waals surface area contributed by atoms with E-state index in [1.54, 1.807) is 12.1 Å². The number of phenolic OH excluding ortho intramolecular Hbond substituents is 1. The van der Waals surface area contributed by atoms with Crippen molar-refractivity contribution in [1.82, 2.24) is 0 Å². The molecule has 3 nitrogen and oxygen atoms in total. The Labute approximate surface area is 188 Å². The molecule has 0 radical (unpaired) electrons. The molecule has 1 aliphatic carbocycles. The second kappa shape index (κ2) is 6.96. The Kier molecular flexibility index (Phi) is 4.16. The maximum absolute atomic E-state index is 9.87. The zero-order chi connectivity index (χ0) is 21.9. The Bertz CT molecular complexity index is 1400. The van der Waals surface area contributed by atoms with Gasteiger partial charge in [-0.2, -0.15) is 0 Å². The predicted octanol–water partition coefficient (Wildman–Crippen LogP) is 7.38. The standard InChI is InChI=1S/C29H25NO2/c1-29(2)26(30-24-14-11-18-6-3-4-9-23(18)27(24)29)15-12-19-7-5-8-21-16-20-10-13-22(31)17-25(20)32-28(19)21/h3-4,6,9-17,31H,5,7-8H2,1-2H3/b15-12+. The summed E-state index contributed by atoms with van der Waals surface area (Å²) in [6.07, 6.45) is 9.63. The van der Waals surface area contributed by atoms with Gasteiger partial charge in [0.1, 0.15) is 17.3 Å². The Morgan fingerprint density at radius 3 is 2.78 bits per heavy atom. The predicted molar refractivity (Wildman–Crippen MR) is 131 cm³/mol. The van der Waals surface area contributed by atoms with Crippen LogP contribution in [0.15, 0.2) is 88.6 Å². The fourth-order valence-corrected chi connectivity index (χ4v) is 5.19. The van der Waals surface area contributed by atoms with Crippen molar-refractivity contribution in [2.24, 2.45) is 4.99 Å². The highest BCUT2D eigenvalue weighted by atomic mass is 16.5. The van der Waals surface area contributed by atoms with Crippen molar-refractivity contribution >= 4 is 28.2 Å². The van der Waals surface area contributed by atoms with Crippen LogP contribution in [-0.2, 0) is 5.41 Å². The molecule has 0 saturated heterocycles. The first-order chi connectivity index (χ1) is 15.5. The Balaban J connectivity index is 1.38. The first-order valence-electron chi connectivity index (χ1n) is 11.3. The zero-order valence-corrected chi connectivity index (χ0v) is 18.4. The molecule has 158 valence electrons. The number of phenols is 1. The molecule has 3 aromatic carbocycles. The van der Waals surface area contributed by atoms with E-state index >= 15 is 0 Å². The van der Waals surface area contributed by atoms with Crippen LogP contribution in [0.25, 0.3) is 16.8 Å². The van der Waals surface area contributed by atoms with E-state index in [1.165, 1.54) is 27.5 Å². The molecule has 3 aromatic rings. The molecule has 0 spiro atoms. The fraction of sp³-hybridized carbons (Fsp3) is 0.207. The molecule has 0 atom stereocenters. The molecule has 1 N–H and O–H groups in total. The topological polar surface area (TPSA) is 41.8 Å². The Hall–Kier alpha value is -3.59. The third-order valence-electron chi connectivity index (χ3n) is 6.87. The zero-order valence-electron chi connectivity index (χ0n) is 18.4. The van der Waals surface area contributed by atoms with Crippen LogP contribution in [0, 0.1) is 0 Å². The number of fused-ring (bicyclic) bond motifs is 5. The van der Waals surface area contributed by atoms with Crippen LogP contribution in [0.3, 0.4) is 0 Å². The van der Waals surface area contributed by atoms with Crippen molar-refractivity contribution in [3.8, 4) is 11.5 Å². The number of aromatic hydroxyl groups is 1. The van der Waals surface area contributed by atoms with Gasteiger partial charge < -0.3 is 9.84 Å². The van der Waals surface area contributed by atoms with Gasteiger partial charge in [-0.25, -0.2) is 0 Å². The van der Waals surface area contributed by atoms with Crippen molar-refractivity contribution in [2.75, 3.05) is 0 Å². The van der Waals surface area contributed by atoms with Gasteiger partial charge in [0.25, 0.3) is 0 Å². The SMILES string of the molecule is CC1(C)C(/C=C/C2=C3Oc4cc(O)ccc4C=C3CCC2)=Nc2ccc3ccccc3c21. The number of hydrogen-bond acceptors (Lipinski definition) is 3. The van der Waals surface area contributed by atoms with Gasteiger partial charge in [-0.05, 0) is 77.1 Å². The van der Waals surface area contributed by atoms with E-state index < -0.39 is 0 Å². The van der Waals surface area contributed by atoms with Crippen molar-refractivity contribution < 1.29 is 9.84 Å². The number of hydrogen-bond donors (Lipinski definition) is 1.